The SMILES string of the molecule is CN(C(=O)c1cccc(C(=O)NC2CCS(=O)(=O)C2)c1)c1ccccc1. The summed E-state index contributed by atoms with van der Waals surface area (Å²) in [4.78, 5) is 26.6. The second-order valence-electron chi connectivity index (χ2n) is 6.35. The largest absolute Gasteiger partial charge is 0.348 e. The van der Waals surface area contributed by atoms with Crippen molar-refractivity contribution in [2.45, 2.75) is 12.5 Å². The van der Waals surface area contributed by atoms with Crippen molar-refractivity contribution in [2.24, 2.45) is 0 Å². The molecule has 1 N–H and O–H groups in total. The molecule has 2 amide bonds. The van der Waals surface area contributed by atoms with Crippen LogP contribution in [-0.2, 0) is 9.84 Å². The minimum absolute atomic E-state index is 0.0336. The molecule has 0 spiro atoms. The standard InChI is InChI=1S/C19H20N2O4S/c1-21(17-8-3-2-4-9-17)19(23)15-7-5-6-14(12-15)18(22)20-16-10-11-26(24,25)13-16/h2-9,12,16H,10-11,13H2,1H3,(H,20,22). The Balaban J connectivity index is 1.73. The van der Waals surface area contributed by atoms with E-state index in [1.54, 1.807) is 25.2 Å². The zero-order valence-electron chi connectivity index (χ0n) is 14.4. The first-order valence-electron chi connectivity index (χ1n) is 8.30. The number of amides is 2. The molecular formula is C19H20N2O4S. The molecule has 6 nitrogen and oxygen atoms in total. The third-order valence-corrected chi connectivity index (χ3v) is 6.16. The van der Waals surface area contributed by atoms with Gasteiger partial charge in [-0.25, -0.2) is 8.42 Å². The molecule has 1 heterocycles. The van der Waals surface area contributed by atoms with Gasteiger partial charge in [-0.1, -0.05) is 24.3 Å². The molecule has 0 saturated carbocycles. The number of benzene rings is 2. The third kappa shape index (κ3) is 4.11. The van der Waals surface area contributed by atoms with Gasteiger partial charge in [0.15, 0.2) is 9.84 Å². The summed E-state index contributed by atoms with van der Waals surface area (Å²) in [5.74, 6) is -0.537. The van der Waals surface area contributed by atoms with Gasteiger partial charge < -0.3 is 10.2 Å². The molecule has 2 aromatic rings. The molecule has 3 rings (SSSR count). The number of carbonyl (C=O) groups is 2. The van der Waals surface area contributed by atoms with Crippen molar-refractivity contribution < 1.29 is 18.0 Å². The second-order valence-corrected chi connectivity index (χ2v) is 8.58. The number of carbonyl (C=O) groups excluding carboxylic acids is 2. The molecule has 7 heteroatoms. The third-order valence-electron chi connectivity index (χ3n) is 4.39. The van der Waals surface area contributed by atoms with Crippen LogP contribution in [0, 0.1) is 0 Å². The first-order valence-corrected chi connectivity index (χ1v) is 10.1. The second kappa shape index (κ2) is 7.29. The van der Waals surface area contributed by atoms with Crippen LogP contribution >= 0.6 is 0 Å². The Morgan fingerprint density at radius 3 is 2.38 bits per heavy atom. The maximum absolute atomic E-state index is 12.7. The zero-order valence-corrected chi connectivity index (χ0v) is 15.2. The zero-order chi connectivity index (χ0) is 18.7. The molecule has 1 unspecified atom stereocenters. The van der Waals surface area contributed by atoms with E-state index in [0.717, 1.165) is 5.69 Å². The lowest BCUT2D eigenvalue weighted by atomic mass is 10.1. The molecule has 1 saturated heterocycles. The lowest BCUT2D eigenvalue weighted by molar-refractivity contribution is 0.0941. The molecule has 136 valence electrons. The monoisotopic (exact) mass is 372 g/mol. The smallest absolute Gasteiger partial charge is 0.258 e. The van der Waals surface area contributed by atoms with E-state index in [1.165, 1.54) is 11.0 Å². The van der Waals surface area contributed by atoms with E-state index < -0.39 is 9.84 Å². The van der Waals surface area contributed by atoms with Gasteiger partial charge in [0.05, 0.1) is 11.5 Å². The topological polar surface area (TPSA) is 83.6 Å². The quantitative estimate of drug-likeness (QED) is 0.888. The number of para-hydroxylation sites is 1. The minimum Gasteiger partial charge on any atom is -0.348 e. The van der Waals surface area contributed by atoms with Crippen LogP contribution in [0.25, 0.3) is 0 Å². The van der Waals surface area contributed by atoms with Crippen LogP contribution in [0.5, 0.6) is 0 Å². The molecular weight excluding hydrogens is 352 g/mol. The molecule has 0 bridgehead atoms. The van der Waals surface area contributed by atoms with Crippen LogP contribution in [0.1, 0.15) is 27.1 Å². The molecule has 1 atom stereocenters. The van der Waals surface area contributed by atoms with E-state index in [4.69, 9.17) is 0 Å². The van der Waals surface area contributed by atoms with Crippen LogP contribution in [0.3, 0.4) is 0 Å². The number of nitrogens with one attached hydrogen (secondary N) is 1. The van der Waals surface area contributed by atoms with Gasteiger partial charge >= 0.3 is 0 Å². The Kier molecular flexibility index (Phi) is 5.08. The van der Waals surface area contributed by atoms with E-state index in [9.17, 15) is 18.0 Å². The van der Waals surface area contributed by atoms with E-state index in [-0.39, 0.29) is 29.4 Å². The molecule has 1 fully saturated rings. The average Bonchev–Trinajstić information content (AvgIpc) is 2.99. The maximum atomic E-state index is 12.7. The van der Waals surface area contributed by atoms with Crippen molar-refractivity contribution in [3.8, 4) is 0 Å². The first kappa shape index (κ1) is 18.1. The molecule has 26 heavy (non-hydrogen) atoms. The van der Waals surface area contributed by atoms with Crippen LogP contribution < -0.4 is 10.2 Å². The molecule has 0 aromatic heterocycles. The van der Waals surface area contributed by atoms with E-state index in [2.05, 4.69) is 5.32 Å². The summed E-state index contributed by atoms with van der Waals surface area (Å²) >= 11 is 0. The van der Waals surface area contributed by atoms with Gasteiger partial charge in [0.25, 0.3) is 11.8 Å². The van der Waals surface area contributed by atoms with Crippen molar-refractivity contribution in [1.29, 1.82) is 0 Å². The maximum Gasteiger partial charge on any atom is 0.258 e. The van der Waals surface area contributed by atoms with Crippen molar-refractivity contribution in [3.63, 3.8) is 0 Å². The fourth-order valence-corrected chi connectivity index (χ4v) is 4.61. The Morgan fingerprint density at radius 2 is 1.73 bits per heavy atom. The Morgan fingerprint density at radius 1 is 1.04 bits per heavy atom. The Labute approximate surface area is 152 Å². The number of hydrogen-bond acceptors (Lipinski definition) is 4. The number of sulfone groups is 1. The van der Waals surface area contributed by atoms with E-state index in [0.29, 0.717) is 17.5 Å². The van der Waals surface area contributed by atoms with Crippen molar-refractivity contribution in [1.82, 2.24) is 5.32 Å². The fraction of sp³-hybridized carbons (Fsp3) is 0.263. The van der Waals surface area contributed by atoms with Crippen LogP contribution in [0.4, 0.5) is 5.69 Å². The summed E-state index contributed by atoms with van der Waals surface area (Å²) in [6.45, 7) is 0. The number of anilines is 1. The molecule has 0 aliphatic carbocycles. The summed E-state index contributed by atoms with van der Waals surface area (Å²) in [5.41, 5.74) is 1.48. The molecule has 2 aromatic carbocycles. The summed E-state index contributed by atoms with van der Waals surface area (Å²) in [7, 11) is -1.39. The highest BCUT2D eigenvalue weighted by molar-refractivity contribution is 7.91. The average molecular weight is 372 g/mol. The van der Waals surface area contributed by atoms with Crippen LogP contribution in [0.15, 0.2) is 54.6 Å². The van der Waals surface area contributed by atoms with E-state index in [1.807, 2.05) is 30.3 Å². The summed E-state index contributed by atoms with van der Waals surface area (Å²) in [5, 5.41) is 2.73. The molecule has 1 aliphatic rings. The van der Waals surface area contributed by atoms with Gasteiger partial charge in [0, 0.05) is 29.9 Å². The van der Waals surface area contributed by atoms with E-state index >= 15 is 0 Å². The number of hydrogen-bond donors (Lipinski definition) is 1. The van der Waals surface area contributed by atoms with Crippen molar-refractivity contribution in [3.05, 3.63) is 65.7 Å². The first-order chi connectivity index (χ1) is 12.4. The normalized spacial score (nSPS) is 18.3. The molecule has 0 radical (unpaired) electrons. The van der Waals surface area contributed by atoms with Crippen LogP contribution in [0.2, 0.25) is 0 Å². The summed E-state index contributed by atoms with van der Waals surface area (Å²) < 4.78 is 23.0. The predicted octanol–water partition coefficient (Wildman–Crippen LogP) is 1.88. The Hall–Kier alpha value is -2.67. The van der Waals surface area contributed by atoms with Gasteiger partial charge in [0.1, 0.15) is 0 Å². The van der Waals surface area contributed by atoms with Gasteiger partial charge in [-0.3, -0.25) is 9.59 Å². The summed E-state index contributed by atoms with van der Waals surface area (Å²) in [6, 6.07) is 15.3. The Bertz CT molecular complexity index is 926. The van der Waals surface area contributed by atoms with Gasteiger partial charge in [0.2, 0.25) is 0 Å². The minimum atomic E-state index is -3.06. The molecule has 1 aliphatic heterocycles. The van der Waals surface area contributed by atoms with Crippen LogP contribution in [-0.4, -0.2) is 44.8 Å². The predicted molar refractivity (Wildman–Crippen MR) is 100 cm³/mol. The van der Waals surface area contributed by atoms with Crippen molar-refractivity contribution >= 4 is 27.3 Å². The highest BCUT2D eigenvalue weighted by Gasteiger charge is 2.29. The lowest BCUT2D eigenvalue weighted by Gasteiger charge is -2.18. The highest BCUT2D eigenvalue weighted by Crippen LogP contribution is 2.16. The number of nitrogens with zero attached hydrogens (tertiary/aromatic N) is 1. The number of rotatable bonds is 4. The van der Waals surface area contributed by atoms with Gasteiger partial charge in [-0.15, -0.1) is 0 Å². The van der Waals surface area contributed by atoms with Gasteiger partial charge in [-0.2, -0.15) is 0 Å². The van der Waals surface area contributed by atoms with Gasteiger partial charge in [-0.05, 0) is 36.8 Å². The highest BCUT2D eigenvalue weighted by atomic mass is 32.2. The van der Waals surface area contributed by atoms with Crippen molar-refractivity contribution in [2.75, 3.05) is 23.5 Å². The fourth-order valence-electron chi connectivity index (χ4n) is 2.93. The lowest BCUT2D eigenvalue weighted by Crippen LogP contribution is -2.35. The summed E-state index contributed by atoms with van der Waals surface area (Å²) in [6.07, 6.45) is 0.420.